The number of H-pyrrole nitrogens is 1. The lowest BCUT2D eigenvalue weighted by molar-refractivity contribution is -0.144. The molecule has 244 valence electrons. The van der Waals surface area contributed by atoms with E-state index in [9.17, 15) is 14.0 Å². The number of rotatable bonds is 16. The van der Waals surface area contributed by atoms with E-state index < -0.39 is 23.7 Å². The minimum atomic E-state index is -0.676. The van der Waals surface area contributed by atoms with Gasteiger partial charge in [-0.05, 0) is 53.8 Å². The molecule has 0 saturated heterocycles. The van der Waals surface area contributed by atoms with Gasteiger partial charge in [-0.15, -0.1) is 10.2 Å². The standard InChI is InChI=1S/C35H39FN8O3/c1-3-5-10-18-47-33(45)20-26(19-25-12-6-9-15-30(25)36)38-35(46)32-21-27(11-4-2)44(41-32)23-24-16-17-31(37-22-24)28-13-7-8-14-29(28)34-39-42-43-40-34/h6-9,12-17,21-22,26H,3-5,10-11,18-20,23H2,1-2H3,(H,38,46)(H,39,40,42,43). The summed E-state index contributed by atoms with van der Waals surface area (Å²) in [5, 5.41) is 21.9. The molecule has 1 atom stereocenters. The van der Waals surface area contributed by atoms with Crippen LogP contribution in [-0.4, -0.2) is 59.9 Å². The molecule has 0 aliphatic rings. The number of esters is 1. The van der Waals surface area contributed by atoms with Gasteiger partial charge in [-0.2, -0.15) is 10.3 Å². The molecule has 0 radical (unpaired) electrons. The molecule has 5 aromatic rings. The normalized spacial score (nSPS) is 11.7. The third-order valence-corrected chi connectivity index (χ3v) is 7.73. The number of nitrogens with zero attached hydrogens (tertiary/aromatic N) is 6. The van der Waals surface area contributed by atoms with Gasteiger partial charge in [0.1, 0.15) is 11.5 Å². The minimum absolute atomic E-state index is 0.0808. The highest BCUT2D eigenvalue weighted by Crippen LogP contribution is 2.28. The Hall–Kier alpha value is -5.26. The summed E-state index contributed by atoms with van der Waals surface area (Å²) < 4.78 is 21.7. The second kappa shape index (κ2) is 16.3. The Bertz CT molecular complexity index is 1750. The Labute approximate surface area is 273 Å². The van der Waals surface area contributed by atoms with Crippen LogP contribution in [0, 0.1) is 5.82 Å². The van der Waals surface area contributed by atoms with Crippen molar-refractivity contribution in [2.24, 2.45) is 0 Å². The van der Waals surface area contributed by atoms with Crippen molar-refractivity contribution in [2.45, 2.75) is 71.4 Å². The molecule has 1 amide bonds. The molecule has 12 heteroatoms. The first-order valence-electron chi connectivity index (χ1n) is 16.0. The van der Waals surface area contributed by atoms with Crippen molar-refractivity contribution >= 4 is 11.9 Å². The topological polar surface area (TPSA) is 141 Å². The van der Waals surface area contributed by atoms with Gasteiger partial charge in [0, 0.05) is 29.1 Å². The second-order valence-corrected chi connectivity index (χ2v) is 11.4. The average molecular weight is 639 g/mol. The van der Waals surface area contributed by atoms with E-state index in [4.69, 9.17) is 9.72 Å². The number of carbonyl (C=O) groups is 2. The van der Waals surface area contributed by atoms with Gasteiger partial charge in [-0.25, -0.2) is 4.39 Å². The Balaban J connectivity index is 1.31. The molecule has 11 nitrogen and oxygen atoms in total. The summed E-state index contributed by atoms with van der Waals surface area (Å²) in [5.41, 5.74) is 4.87. The maximum atomic E-state index is 14.5. The molecule has 0 bridgehead atoms. The number of ether oxygens (including phenoxy) is 1. The maximum absolute atomic E-state index is 14.5. The van der Waals surface area contributed by atoms with Crippen molar-refractivity contribution in [3.8, 4) is 22.6 Å². The van der Waals surface area contributed by atoms with Crippen LogP contribution in [0.3, 0.4) is 0 Å². The fraction of sp³-hybridized carbons (Fsp3) is 0.343. The summed E-state index contributed by atoms with van der Waals surface area (Å²) in [6.45, 7) is 4.86. The molecule has 0 aliphatic heterocycles. The lowest BCUT2D eigenvalue weighted by Crippen LogP contribution is -2.39. The van der Waals surface area contributed by atoms with E-state index in [1.165, 1.54) is 6.07 Å². The molecule has 0 fully saturated rings. The summed E-state index contributed by atoms with van der Waals surface area (Å²) in [5.74, 6) is -0.780. The van der Waals surface area contributed by atoms with Gasteiger partial charge < -0.3 is 10.1 Å². The van der Waals surface area contributed by atoms with Crippen LogP contribution >= 0.6 is 0 Å². The summed E-state index contributed by atoms with van der Waals surface area (Å²) in [7, 11) is 0. The Kier molecular flexibility index (Phi) is 11.5. The number of aromatic amines is 1. The highest BCUT2D eigenvalue weighted by molar-refractivity contribution is 5.93. The highest BCUT2D eigenvalue weighted by Gasteiger charge is 2.23. The van der Waals surface area contributed by atoms with Gasteiger partial charge in [0.15, 0.2) is 0 Å². The maximum Gasteiger partial charge on any atom is 0.307 e. The smallest absolute Gasteiger partial charge is 0.307 e. The molecular weight excluding hydrogens is 599 g/mol. The van der Waals surface area contributed by atoms with Crippen LogP contribution in [0.15, 0.2) is 72.9 Å². The first kappa shape index (κ1) is 33.1. The number of amides is 1. The zero-order chi connectivity index (χ0) is 33.0. The van der Waals surface area contributed by atoms with Crippen molar-refractivity contribution < 1.29 is 18.7 Å². The van der Waals surface area contributed by atoms with Crippen LogP contribution in [0.4, 0.5) is 4.39 Å². The number of hydrogen-bond acceptors (Lipinski definition) is 8. The molecule has 5 rings (SSSR count). The minimum Gasteiger partial charge on any atom is -0.466 e. The number of aromatic nitrogens is 7. The fourth-order valence-electron chi connectivity index (χ4n) is 5.35. The number of nitrogens with one attached hydrogen (secondary N) is 2. The van der Waals surface area contributed by atoms with E-state index in [0.29, 0.717) is 31.0 Å². The molecule has 1 unspecified atom stereocenters. The number of unbranched alkanes of at least 4 members (excludes halogenated alkanes) is 2. The third kappa shape index (κ3) is 8.93. The second-order valence-electron chi connectivity index (χ2n) is 11.4. The highest BCUT2D eigenvalue weighted by atomic mass is 19.1. The molecule has 3 aromatic heterocycles. The van der Waals surface area contributed by atoms with Crippen molar-refractivity contribution in [2.75, 3.05) is 6.61 Å². The lowest BCUT2D eigenvalue weighted by Gasteiger charge is -2.18. The SMILES string of the molecule is CCCCCOC(=O)CC(Cc1ccccc1F)NC(=O)c1cc(CCC)n(Cc2ccc(-c3ccccc3-c3nn[nH]n3)nc2)n1. The van der Waals surface area contributed by atoms with E-state index in [1.807, 2.05) is 36.4 Å². The van der Waals surface area contributed by atoms with Gasteiger partial charge in [0.2, 0.25) is 5.82 Å². The fourth-order valence-corrected chi connectivity index (χ4v) is 5.35. The van der Waals surface area contributed by atoms with Crippen molar-refractivity contribution in [1.82, 2.24) is 40.7 Å². The van der Waals surface area contributed by atoms with E-state index in [1.54, 1.807) is 35.1 Å². The molecular formula is C35H39FN8O3. The Morgan fingerprint density at radius 2 is 1.81 bits per heavy atom. The number of aryl methyl sites for hydroxylation is 1. The quantitative estimate of drug-likeness (QED) is 0.103. The van der Waals surface area contributed by atoms with Crippen LogP contribution in [-0.2, 0) is 28.9 Å². The summed E-state index contributed by atoms with van der Waals surface area (Å²) in [6.07, 6.45) is 6.16. The summed E-state index contributed by atoms with van der Waals surface area (Å²) in [4.78, 5) is 30.8. The summed E-state index contributed by atoms with van der Waals surface area (Å²) >= 11 is 0. The third-order valence-electron chi connectivity index (χ3n) is 7.73. The zero-order valence-corrected chi connectivity index (χ0v) is 26.7. The van der Waals surface area contributed by atoms with E-state index >= 15 is 0 Å². The van der Waals surface area contributed by atoms with Gasteiger partial charge in [-0.3, -0.25) is 19.3 Å². The molecule has 0 spiro atoms. The molecule has 3 heterocycles. The van der Waals surface area contributed by atoms with Crippen LogP contribution in [0.5, 0.6) is 0 Å². The Morgan fingerprint density at radius 3 is 2.53 bits per heavy atom. The number of benzene rings is 2. The predicted molar refractivity (Wildman–Crippen MR) is 175 cm³/mol. The van der Waals surface area contributed by atoms with Crippen molar-refractivity contribution in [3.05, 3.63) is 101 Å². The largest absolute Gasteiger partial charge is 0.466 e. The van der Waals surface area contributed by atoms with Crippen LogP contribution in [0.2, 0.25) is 0 Å². The molecule has 0 saturated carbocycles. The van der Waals surface area contributed by atoms with E-state index in [-0.39, 0.29) is 18.5 Å². The molecule has 47 heavy (non-hydrogen) atoms. The molecule has 2 aromatic carbocycles. The van der Waals surface area contributed by atoms with Crippen molar-refractivity contribution in [3.63, 3.8) is 0 Å². The average Bonchev–Trinajstić information content (AvgIpc) is 3.76. The van der Waals surface area contributed by atoms with Gasteiger partial charge in [0.05, 0.1) is 25.3 Å². The van der Waals surface area contributed by atoms with Gasteiger partial charge >= 0.3 is 5.97 Å². The van der Waals surface area contributed by atoms with Gasteiger partial charge in [0.25, 0.3) is 5.91 Å². The van der Waals surface area contributed by atoms with Gasteiger partial charge in [-0.1, -0.05) is 81.6 Å². The molecule has 2 N–H and O–H groups in total. The van der Waals surface area contributed by atoms with Crippen molar-refractivity contribution in [1.29, 1.82) is 0 Å². The first-order valence-corrected chi connectivity index (χ1v) is 16.0. The number of tetrazole rings is 1. The summed E-state index contributed by atoms with van der Waals surface area (Å²) in [6, 6.07) is 19.1. The van der Waals surface area contributed by atoms with E-state index in [0.717, 1.165) is 53.8 Å². The zero-order valence-electron chi connectivity index (χ0n) is 26.7. The van der Waals surface area contributed by atoms with Crippen LogP contribution < -0.4 is 5.32 Å². The van der Waals surface area contributed by atoms with Crippen LogP contribution in [0.1, 0.15) is 73.3 Å². The number of carbonyl (C=O) groups excluding carboxylic acids is 2. The lowest BCUT2D eigenvalue weighted by atomic mass is 10.0. The molecule has 0 aliphatic carbocycles. The number of pyridine rings is 1. The number of halogens is 1. The Morgan fingerprint density at radius 1 is 1.00 bits per heavy atom. The first-order chi connectivity index (χ1) is 22.9. The predicted octanol–water partition coefficient (Wildman–Crippen LogP) is 5.73. The monoisotopic (exact) mass is 638 g/mol. The van der Waals surface area contributed by atoms with E-state index in [2.05, 4.69) is 44.9 Å². The number of hydrogen-bond donors (Lipinski definition) is 2. The van der Waals surface area contributed by atoms with Crippen LogP contribution in [0.25, 0.3) is 22.6 Å².